The predicted molar refractivity (Wildman–Crippen MR) is 103 cm³/mol. The van der Waals surface area contributed by atoms with Gasteiger partial charge in [0.1, 0.15) is 21.3 Å². The van der Waals surface area contributed by atoms with Crippen LogP contribution in [0.4, 0.5) is 13.2 Å². The number of alkyl halides is 3. The second-order valence-corrected chi connectivity index (χ2v) is 10.3. The molecule has 1 saturated carbocycles. The molecule has 31 heavy (non-hydrogen) atoms. The first-order valence-corrected chi connectivity index (χ1v) is 11.5. The summed E-state index contributed by atoms with van der Waals surface area (Å²) in [5, 5.41) is 3.77. The van der Waals surface area contributed by atoms with Crippen molar-refractivity contribution in [2.75, 3.05) is 18.6 Å². The average Bonchev–Trinajstić information content (AvgIpc) is 3.37. The maximum atomic E-state index is 13.0. The highest BCUT2D eigenvalue weighted by Crippen LogP contribution is 2.44. The molecule has 1 fully saturated rings. The second-order valence-electron chi connectivity index (χ2n) is 8.15. The van der Waals surface area contributed by atoms with E-state index in [9.17, 15) is 26.4 Å². The van der Waals surface area contributed by atoms with Crippen LogP contribution in [0.3, 0.4) is 0 Å². The van der Waals surface area contributed by atoms with Crippen LogP contribution >= 0.6 is 0 Å². The van der Waals surface area contributed by atoms with E-state index in [-0.39, 0.29) is 35.5 Å². The van der Waals surface area contributed by atoms with Crippen molar-refractivity contribution < 1.29 is 35.6 Å². The maximum Gasteiger partial charge on any atom is 0.422 e. The number of hydrogen-bond donors (Lipinski definition) is 0. The van der Waals surface area contributed by atoms with Crippen molar-refractivity contribution in [3.63, 3.8) is 0 Å². The number of nitrogens with zero attached hydrogens (tertiary/aromatic N) is 3. The Balaban J connectivity index is 1.89. The van der Waals surface area contributed by atoms with Crippen LogP contribution in [-0.2, 0) is 15.3 Å². The van der Waals surface area contributed by atoms with E-state index in [2.05, 4.69) is 15.1 Å². The largest absolute Gasteiger partial charge is 0.484 e. The molecule has 0 aliphatic heterocycles. The lowest BCUT2D eigenvalue weighted by atomic mass is 9.85. The van der Waals surface area contributed by atoms with Gasteiger partial charge in [-0.2, -0.15) is 18.2 Å². The molecule has 0 amide bonds. The summed E-state index contributed by atoms with van der Waals surface area (Å²) in [5.74, 6) is -0.741. The number of hydrogen-bond acceptors (Lipinski definition) is 8. The van der Waals surface area contributed by atoms with Crippen molar-refractivity contribution in [3.8, 4) is 5.75 Å². The minimum absolute atomic E-state index is 0.0432. The molecule has 1 aliphatic carbocycles. The molecule has 2 heterocycles. The lowest BCUT2D eigenvalue weighted by Gasteiger charge is -2.24. The third-order valence-corrected chi connectivity index (χ3v) is 5.95. The van der Waals surface area contributed by atoms with Crippen LogP contribution in [-0.4, -0.2) is 54.1 Å². The van der Waals surface area contributed by atoms with Crippen LogP contribution in [0.2, 0.25) is 0 Å². The van der Waals surface area contributed by atoms with Gasteiger partial charge < -0.3 is 9.26 Å². The van der Waals surface area contributed by atoms with Gasteiger partial charge in [0.25, 0.3) is 0 Å². The van der Waals surface area contributed by atoms with E-state index in [1.54, 1.807) is 0 Å². The lowest BCUT2D eigenvalue weighted by molar-refractivity contribution is -0.153. The highest BCUT2D eigenvalue weighted by Gasteiger charge is 2.39. The molecule has 0 aromatic carbocycles. The van der Waals surface area contributed by atoms with Crippen LogP contribution in [0.1, 0.15) is 59.9 Å². The molecular weight excluding hydrogens is 439 g/mol. The van der Waals surface area contributed by atoms with E-state index in [0.717, 1.165) is 19.1 Å². The van der Waals surface area contributed by atoms with Gasteiger partial charge >= 0.3 is 6.18 Å². The molecule has 0 bridgehead atoms. The van der Waals surface area contributed by atoms with Gasteiger partial charge in [0.2, 0.25) is 5.89 Å². The number of rotatable bonds is 9. The highest BCUT2D eigenvalue weighted by atomic mass is 32.2. The number of aryl methyl sites for hydroxylation is 1. The molecule has 12 heteroatoms. The Kier molecular flexibility index (Phi) is 6.14. The van der Waals surface area contributed by atoms with Gasteiger partial charge in [0, 0.05) is 37.4 Å². The van der Waals surface area contributed by atoms with Crippen LogP contribution in [0, 0.1) is 6.92 Å². The van der Waals surface area contributed by atoms with Crippen molar-refractivity contribution in [2.24, 2.45) is 0 Å². The fourth-order valence-corrected chi connectivity index (χ4v) is 4.74. The van der Waals surface area contributed by atoms with Gasteiger partial charge in [0.15, 0.2) is 18.2 Å². The molecule has 0 unspecified atom stereocenters. The van der Waals surface area contributed by atoms with Crippen molar-refractivity contribution >= 4 is 15.6 Å². The SMILES string of the molecule is Cc1nc([C@@](C)(CC(=O)c2cc(OCC(F)(F)F)c(C3CC3)cn2)CS(C)(=O)=O)no1. The van der Waals surface area contributed by atoms with E-state index in [0.29, 0.717) is 5.56 Å². The number of Topliss-reactive ketones (excluding diaryl/α,β-unsaturated/α-hetero) is 1. The van der Waals surface area contributed by atoms with Gasteiger partial charge in [-0.25, -0.2) is 8.42 Å². The van der Waals surface area contributed by atoms with Crippen LogP contribution in [0.5, 0.6) is 5.75 Å². The van der Waals surface area contributed by atoms with Crippen LogP contribution in [0.15, 0.2) is 16.8 Å². The Hall–Kier alpha value is -2.50. The monoisotopic (exact) mass is 461 g/mol. The third kappa shape index (κ3) is 6.25. The van der Waals surface area contributed by atoms with Crippen LogP contribution < -0.4 is 4.74 Å². The van der Waals surface area contributed by atoms with Crippen molar-refractivity contribution in [2.45, 2.75) is 50.6 Å². The molecule has 1 atom stereocenters. The quantitative estimate of drug-likeness (QED) is 0.524. The van der Waals surface area contributed by atoms with E-state index < -0.39 is 39.6 Å². The molecular formula is C19H22F3N3O5S. The first-order valence-electron chi connectivity index (χ1n) is 9.47. The molecule has 0 spiro atoms. The van der Waals surface area contributed by atoms with E-state index in [1.165, 1.54) is 26.1 Å². The van der Waals surface area contributed by atoms with Crippen LogP contribution in [0.25, 0.3) is 0 Å². The summed E-state index contributed by atoms with van der Waals surface area (Å²) in [7, 11) is -3.54. The molecule has 170 valence electrons. The fourth-order valence-electron chi connectivity index (χ4n) is 3.35. The fraction of sp³-hybridized carbons (Fsp3) is 0.579. The van der Waals surface area contributed by atoms with Gasteiger partial charge in [-0.1, -0.05) is 12.1 Å². The molecule has 1 aliphatic rings. The minimum Gasteiger partial charge on any atom is -0.484 e. The molecule has 2 aromatic heterocycles. The summed E-state index contributed by atoms with van der Waals surface area (Å²) in [5.41, 5.74) is -0.915. The standard InChI is InChI=1S/C19H22F3N3O5S/c1-11-24-17(25-30-11)18(2,10-31(3,27)28)7-15(26)14-6-16(29-9-19(20,21)22)13(8-23-14)12-4-5-12/h6,8,12H,4-5,7,9-10H2,1-3H3/t18-/m0/s1. The molecule has 8 nitrogen and oxygen atoms in total. The second kappa shape index (κ2) is 8.21. The molecule has 0 N–H and O–H groups in total. The number of sulfone groups is 1. The maximum absolute atomic E-state index is 13.0. The minimum atomic E-state index is -4.53. The normalized spacial score (nSPS) is 16.7. The van der Waals surface area contributed by atoms with Crippen molar-refractivity contribution in [1.29, 1.82) is 0 Å². The molecule has 0 radical (unpaired) electrons. The summed E-state index contributed by atoms with van der Waals surface area (Å²) in [6.07, 6.45) is -0.883. The number of carbonyl (C=O) groups is 1. The summed E-state index contributed by atoms with van der Waals surface area (Å²) in [6, 6.07) is 1.18. The number of ketones is 1. The smallest absolute Gasteiger partial charge is 0.422 e. The number of aromatic nitrogens is 3. The Morgan fingerprint density at radius 1 is 1.32 bits per heavy atom. The Labute approximate surface area is 177 Å². The van der Waals surface area contributed by atoms with Gasteiger partial charge in [0.05, 0.1) is 11.2 Å². The van der Waals surface area contributed by atoms with Crippen molar-refractivity contribution in [3.05, 3.63) is 35.2 Å². The molecule has 0 saturated heterocycles. The van der Waals surface area contributed by atoms with Crippen molar-refractivity contribution in [1.82, 2.24) is 15.1 Å². The zero-order valence-corrected chi connectivity index (χ0v) is 18.0. The zero-order chi connectivity index (χ0) is 23.0. The Morgan fingerprint density at radius 3 is 2.52 bits per heavy atom. The lowest BCUT2D eigenvalue weighted by Crippen LogP contribution is -2.35. The van der Waals surface area contributed by atoms with E-state index in [1.807, 2.05) is 0 Å². The number of carbonyl (C=O) groups excluding carboxylic acids is 1. The highest BCUT2D eigenvalue weighted by molar-refractivity contribution is 7.90. The summed E-state index contributed by atoms with van der Waals surface area (Å²) < 4.78 is 71.7. The first kappa shape index (κ1) is 23.2. The third-order valence-electron chi connectivity index (χ3n) is 4.79. The van der Waals surface area contributed by atoms with E-state index in [4.69, 9.17) is 9.26 Å². The van der Waals surface area contributed by atoms with Gasteiger partial charge in [-0.15, -0.1) is 0 Å². The van der Waals surface area contributed by atoms with Gasteiger partial charge in [-0.3, -0.25) is 9.78 Å². The Morgan fingerprint density at radius 2 is 2.00 bits per heavy atom. The zero-order valence-electron chi connectivity index (χ0n) is 17.2. The number of pyridine rings is 1. The first-order chi connectivity index (χ1) is 14.3. The summed E-state index contributed by atoms with van der Waals surface area (Å²) >= 11 is 0. The molecule has 3 rings (SSSR count). The summed E-state index contributed by atoms with van der Waals surface area (Å²) in [6.45, 7) is 1.55. The number of halogens is 3. The Bertz CT molecular complexity index is 1080. The van der Waals surface area contributed by atoms with Gasteiger partial charge in [-0.05, 0) is 18.8 Å². The number of ether oxygens (including phenoxy) is 1. The topological polar surface area (TPSA) is 112 Å². The average molecular weight is 461 g/mol. The summed E-state index contributed by atoms with van der Waals surface area (Å²) in [4.78, 5) is 21.1. The predicted octanol–water partition coefficient (Wildman–Crippen LogP) is 3.17. The van der Waals surface area contributed by atoms with E-state index >= 15 is 0 Å². The molecule has 2 aromatic rings.